The standard InChI is InChI=1S/C32H28O7/c1-16-10-21-19-5-4-18(34)14-26(19)37-32(23-6-7-24(35)20-8-9-31(2,3)39-30(20)23)29(21)22(11-16)28-25(36)12-17(15-33)13-27(28)38-32/h4-9,11-15,21-22,29,34-36H,10H2,1-3H3. The van der Waals surface area contributed by atoms with Crippen LogP contribution in [0.3, 0.4) is 0 Å². The van der Waals surface area contributed by atoms with Crippen LogP contribution in [-0.2, 0) is 5.79 Å². The van der Waals surface area contributed by atoms with Crippen LogP contribution in [0.1, 0.15) is 71.6 Å². The number of carbonyl (C=O) groups excluding carboxylic acids is 1. The number of phenols is 3. The SMILES string of the molecule is CC1=CC2c3c(O)cc(C=O)cc3OC3(c4ccc(O)c5c4OC(C)(C)C=C5)Oc4cc(O)ccc4C(C1)C23. The van der Waals surface area contributed by atoms with Crippen LogP contribution in [0.4, 0.5) is 0 Å². The van der Waals surface area contributed by atoms with Gasteiger partial charge in [0.25, 0.3) is 5.79 Å². The van der Waals surface area contributed by atoms with Crippen LogP contribution in [0.2, 0.25) is 0 Å². The zero-order chi connectivity index (χ0) is 27.3. The third-order valence-electron chi connectivity index (χ3n) is 8.36. The third kappa shape index (κ3) is 3.32. The molecule has 3 aromatic rings. The van der Waals surface area contributed by atoms with Crippen LogP contribution in [0.15, 0.2) is 60.2 Å². The molecule has 0 bridgehead atoms. The first kappa shape index (κ1) is 23.7. The molecule has 0 spiro atoms. The van der Waals surface area contributed by atoms with Gasteiger partial charge in [-0.05, 0) is 75.2 Å². The molecule has 3 aliphatic heterocycles. The minimum Gasteiger partial charge on any atom is -0.508 e. The molecular weight excluding hydrogens is 496 g/mol. The summed E-state index contributed by atoms with van der Waals surface area (Å²) in [6, 6.07) is 11.6. The van der Waals surface area contributed by atoms with E-state index in [4.69, 9.17) is 14.2 Å². The topological polar surface area (TPSA) is 105 Å². The maximum Gasteiger partial charge on any atom is 0.285 e. The summed E-state index contributed by atoms with van der Waals surface area (Å²) >= 11 is 0. The van der Waals surface area contributed by atoms with E-state index in [1.807, 2.05) is 32.1 Å². The Hall–Kier alpha value is -4.39. The fourth-order valence-electron chi connectivity index (χ4n) is 6.80. The molecule has 39 heavy (non-hydrogen) atoms. The molecule has 3 N–H and O–H groups in total. The van der Waals surface area contributed by atoms with Gasteiger partial charge in [-0.2, -0.15) is 0 Å². The molecule has 4 aliphatic rings. The number of benzene rings is 3. The minimum atomic E-state index is -1.46. The van der Waals surface area contributed by atoms with E-state index in [9.17, 15) is 20.1 Å². The van der Waals surface area contributed by atoms with Gasteiger partial charge < -0.3 is 29.5 Å². The summed E-state index contributed by atoms with van der Waals surface area (Å²) in [6.45, 7) is 5.92. The predicted molar refractivity (Wildman–Crippen MR) is 144 cm³/mol. The molecule has 0 aromatic heterocycles. The largest absolute Gasteiger partial charge is 0.508 e. The molecule has 7 nitrogen and oxygen atoms in total. The number of carbonyl (C=O) groups is 1. The van der Waals surface area contributed by atoms with Crippen molar-refractivity contribution in [2.75, 3.05) is 0 Å². The summed E-state index contributed by atoms with van der Waals surface area (Å²) < 4.78 is 20.1. The number of phenolic OH excluding ortho intramolecular Hbond substituents is 3. The molecule has 1 aliphatic carbocycles. The Labute approximate surface area is 225 Å². The van der Waals surface area contributed by atoms with E-state index in [1.165, 1.54) is 6.07 Å². The van der Waals surface area contributed by atoms with Crippen LogP contribution in [0.5, 0.6) is 34.5 Å². The van der Waals surface area contributed by atoms with Crippen molar-refractivity contribution in [2.45, 2.75) is 50.4 Å². The first-order valence-corrected chi connectivity index (χ1v) is 13.1. The van der Waals surface area contributed by atoms with Gasteiger partial charge in [-0.1, -0.05) is 17.7 Å². The maximum absolute atomic E-state index is 11.8. The zero-order valence-corrected chi connectivity index (χ0v) is 21.8. The molecule has 7 heteroatoms. The van der Waals surface area contributed by atoms with Gasteiger partial charge >= 0.3 is 0 Å². The first-order chi connectivity index (χ1) is 18.6. The van der Waals surface area contributed by atoms with Crippen molar-refractivity contribution in [2.24, 2.45) is 5.92 Å². The Balaban J connectivity index is 1.57. The van der Waals surface area contributed by atoms with Gasteiger partial charge in [0.2, 0.25) is 0 Å². The van der Waals surface area contributed by atoms with E-state index < -0.39 is 11.4 Å². The number of hydrogen-bond donors (Lipinski definition) is 3. The number of aldehydes is 1. The molecule has 3 aromatic carbocycles. The normalized spacial score (nSPS) is 26.8. The van der Waals surface area contributed by atoms with Crippen LogP contribution >= 0.6 is 0 Å². The van der Waals surface area contributed by atoms with E-state index in [2.05, 4.69) is 13.0 Å². The van der Waals surface area contributed by atoms with Crippen molar-refractivity contribution in [1.29, 1.82) is 0 Å². The lowest BCUT2D eigenvalue weighted by Gasteiger charge is -2.55. The average molecular weight is 525 g/mol. The maximum atomic E-state index is 11.8. The Kier molecular flexibility index (Phi) is 4.75. The summed E-state index contributed by atoms with van der Waals surface area (Å²) in [6.07, 6.45) is 7.26. The molecule has 3 heterocycles. The summed E-state index contributed by atoms with van der Waals surface area (Å²) in [5, 5.41) is 32.3. The lowest BCUT2D eigenvalue weighted by atomic mass is 9.61. The molecule has 0 saturated carbocycles. The van der Waals surface area contributed by atoms with Crippen molar-refractivity contribution in [1.82, 2.24) is 0 Å². The van der Waals surface area contributed by atoms with Gasteiger partial charge in [0.15, 0.2) is 0 Å². The number of ether oxygens (including phenoxy) is 3. The van der Waals surface area contributed by atoms with E-state index in [0.29, 0.717) is 40.2 Å². The van der Waals surface area contributed by atoms with E-state index >= 15 is 0 Å². The van der Waals surface area contributed by atoms with Gasteiger partial charge in [-0.3, -0.25) is 4.79 Å². The molecule has 4 unspecified atom stereocenters. The Morgan fingerprint density at radius 1 is 0.949 bits per heavy atom. The number of allylic oxidation sites excluding steroid dienone is 2. The highest BCUT2D eigenvalue weighted by Gasteiger charge is 2.62. The second-order valence-electron chi connectivity index (χ2n) is 11.5. The van der Waals surface area contributed by atoms with E-state index in [0.717, 1.165) is 17.6 Å². The van der Waals surface area contributed by atoms with Crippen LogP contribution in [-0.4, -0.2) is 27.2 Å². The number of rotatable bonds is 2. The molecule has 7 rings (SSSR count). The van der Waals surface area contributed by atoms with Crippen molar-refractivity contribution in [3.63, 3.8) is 0 Å². The van der Waals surface area contributed by atoms with Gasteiger partial charge in [-0.15, -0.1) is 0 Å². The van der Waals surface area contributed by atoms with Crippen molar-refractivity contribution in [3.05, 3.63) is 88.0 Å². The van der Waals surface area contributed by atoms with Crippen LogP contribution in [0, 0.1) is 5.92 Å². The highest BCUT2D eigenvalue weighted by molar-refractivity contribution is 5.78. The lowest BCUT2D eigenvalue weighted by Crippen LogP contribution is -2.56. The van der Waals surface area contributed by atoms with E-state index in [-0.39, 0.29) is 40.6 Å². The monoisotopic (exact) mass is 524 g/mol. The molecule has 0 fully saturated rings. The fraction of sp³-hybridized carbons (Fsp3) is 0.281. The molecule has 0 radical (unpaired) electrons. The van der Waals surface area contributed by atoms with Gasteiger partial charge in [0, 0.05) is 29.0 Å². The number of hydrogen-bond acceptors (Lipinski definition) is 7. The minimum absolute atomic E-state index is 0.0116. The molecule has 0 amide bonds. The zero-order valence-electron chi connectivity index (χ0n) is 21.8. The number of fused-ring (bicyclic) bond motifs is 5. The molecule has 0 saturated heterocycles. The Morgan fingerprint density at radius 3 is 2.54 bits per heavy atom. The van der Waals surface area contributed by atoms with Crippen LogP contribution in [0.25, 0.3) is 6.08 Å². The quantitative estimate of drug-likeness (QED) is 0.268. The number of aromatic hydroxyl groups is 3. The average Bonchev–Trinajstić information content (AvgIpc) is 2.87. The van der Waals surface area contributed by atoms with Gasteiger partial charge in [-0.25, -0.2) is 0 Å². The lowest BCUT2D eigenvalue weighted by molar-refractivity contribution is -0.198. The highest BCUT2D eigenvalue weighted by atomic mass is 16.7. The first-order valence-electron chi connectivity index (χ1n) is 13.1. The van der Waals surface area contributed by atoms with Crippen LogP contribution < -0.4 is 14.2 Å². The van der Waals surface area contributed by atoms with Gasteiger partial charge in [0.1, 0.15) is 46.4 Å². The molecular formula is C32H28O7. The summed E-state index contributed by atoms with van der Waals surface area (Å²) in [5.74, 6) is -0.835. The van der Waals surface area contributed by atoms with Crippen molar-refractivity contribution < 1.29 is 34.3 Å². The summed E-state index contributed by atoms with van der Waals surface area (Å²) in [4.78, 5) is 11.8. The van der Waals surface area contributed by atoms with Crippen molar-refractivity contribution in [3.8, 4) is 34.5 Å². The van der Waals surface area contributed by atoms with E-state index in [1.54, 1.807) is 30.3 Å². The molecule has 4 atom stereocenters. The Morgan fingerprint density at radius 2 is 1.74 bits per heavy atom. The predicted octanol–water partition coefficient (Wildman–Crippen LogP) is 6.27. The summed E-state index contributed by atoms with van der Waals surface area (Å²) in [7, 11) is 0. The highest BCUT2D eigenvalue weighted by Crippen LogP contribution is 2.65. The van der Waals surface area contributed by atoms with Crippen molar-refractivity contribution >= 4 is 12.4 Å². The second kappa shape index (κ2) is 7.82. The third-order valence-corrected chi connectivity index (χ3v) is 8.36. The smallest absolute Gasteiger partial charge is 0.285 e. The Bertz CT molecular complexity index is 1630. The summed E-state index contributed by atoms with van der Waals surface area (Å²) in [5.41, 5.74) is 3.40. The molecule has 198 valence electrons. The second-order valence-corrected chi connectivity index (χ2v) is 11.5. The van der Waals surface area contributed by atoms with Gasteiger partial charge in [0.05, 0.1) is 17.0 Å². The fourth-order valence-corrected chi connectivity index (χ4v) is 6.80.